The molecule has 1 heterocycles. The molecular weight excluding hydrogens is 274 g/mol. The van der Waals surface area contributed by atoms with Crippen molar-refractivity contribution in [3.63, 3.8) is 0 Å². The number of methoxy groups -OCH3 is 2. The minimum Gasteiger partial charge on any atom is -0.467 e. The van der Waals surface area contributed by atoms with E-state index in [4.69, 9.17) is 19.9 Å². The van der Waals surface area contributed by atoms with Gasteiger partial charge in [0.15, 0.2) is 5.75 Å². The number of benzene rings is 1. The van der Waals surface area contributed by atoms with E-state index in [2.05, 4.69) is 15.0 Å². The molecule has 0 unspecified atom stereocenters. The van der Waals surface area contributed by atoms with Gasteiger partial charge in [-0.25, -0.2) is 0 Å². The first kappa shape index (κ1) is 14.6. The van der Waals surface area contributed by atoms with Gasteiger partial charge in [-0.3, -0.25) is 0 Å². The van der Waals surface area contributed by atoms with Gasteiger partial charge in [0.1, 0.15) is 0 Å². The highest BCUT2D eigenvalue weighted by atomic mass is 16.5. The maximum atomic E-state index is 5.90. The van der Waals surface area contributed by atoms with Crippen molar-refractivity contribution >= 4 is 11.4 Å². The van der Waals surface area contributed by atoms with Crippen molar-refractivity contribution in [2.24, 2.45) is 0 Å². The summed E-state index contributed by atoms with van der Waals surface area (Å²) in [5.41, 5.74) is 7.31. The van der Waals surface area contributed by atoms with Gasteiger partial charge in [-0.2, -0.15) is 0 Å². The Bertz CT molecular complexity index is 611. The minimum atomic E-state index is 0.0429. The molecule has 0 saturated carbocycles. The first-order valence-electron chi connectivity index (χ1n) is 6.12. The summed E-state index contributed by atoms with van der Waals surface area (Å²) in [5, 5.41) is 0. The quantitative estimate of drug-likeness (QED) is 0.824. The van der Waals surface area contributed by atoms with Gasteiger partial charge in [0, 0.05) is 25.8 Å². The number of aromatic nitrogens is 3. The largest absolute Gasteiger partial charge is 0.467 e. The number of rotatable bonds is 5. The topological polar surface area (TPSA) is 95.6 Å². The Balaban J connectivity index is 2.35. The van der Waals surface area contributed by atoms with E-state index in [-0.39, 0.29) is 18.0 Å². The maximum absolute atomic E-state index is 5.90. The van der Waals surface area contributed by atoms with Crippen LogP contribution in [0.2, 0.25) is 0 Å². The second-order valence-electron chi connectivity index (χ2n) is 4.31. The van der Waals surface area contributed by atoms with Crippen LogP contribution in [-0.2, 0) is 0 Å². The Morgan fingerprint density at radius 3 is 2.05 bits per heavy atom. The summed E-state index contributed by atoms with van der Waals surface area (Å²) in [7, 11) is 6.73. The fraction of sp³-hybridized carbons (Fsp3) is 0.308. The molecule has 2 rings (SSSR count). The SMILES string of the molecule is COc1nc(OC)nc(Oc2cc(N(C)C)ccc2N)n1. The van der Waals surface area contributed by atoms with Crippen LogP contribution in [-0.4, -0.2) is 43.3 Å². The maximum Gasteiger partial charge on any atom is 0.331 e. The average molecular weight is 291 g/mol. The molecule has 0 aliphatic rings. The number of nitrogen functional groups attached to an aromatic ring is 1. The molecule has 0 atom stereocenters. The Morgan fingerprint density at radius 2 is 1.52 bits per heavy atom. The summed E-state index contributed by atoms with van der Waals surface area (Å²) >= 11 is 0. The first-order chi connectivity index (χ1) is 10.0. The lowest BCUT2D eigenvalue weighted by Crippen LogP contribution is -2.09. The molecule has 8 nitrogen and oxygen atoms in total. The molecule has 2 aromatic rings. The van der Waals surface area contributed by atoms with Gasteiger partial charge in [-0.1, -0.05) is 0 Å². The van der Waals surface area contributed by atoms with Gasteiger partial charge < -0.3 is 24.8 Å². The third-order valence-corrected chi connectivity index (χ3v) is 2.65. The lowest BCUT2D eigenvalue weighted by atomic mass is 10.2. The lowest BCUT2D eigenvalue weighted by Gasteiger charge is -2.15. The van der Waals surface area contributed by atoms with E-state index in [9.17, 15) is 0 Å². The van der Waals surface area contributed by atoms with Crippen LogP contribution in [0.5, 0.6) is 23.8 Å². The number of hydrogen-bond donors (Lipinski definition) is 1. The molecule has 2 N–H and O–H groups in total. The smallest absolute Gasteiger partial charge is 0.331 e. The van der Waals surface area contributed by atoms with Gasteiger partial charge >= 0.3 is 18.0 Å². The first-order valence-corrected chi connectivity index (χ1v) is 6.12. The molecule has 0 spiro atoms. The third-order valence-electron chi connectivity index (χ3n) is 2.65. The molecule has 21 heavy (non-hydrogen) atoms. The lowest BCUT2D eigenvalue weighted by molar-refractivity contribution is 0.320. The molecular formula is C13H17N5O3. The van der Waals surface area contributed by atoms with Gasteiger partial charge in [0.05, 0.1) is 19.9 Å². The fourth-order valence-corrected chi connectivity index (χ4v) is 1.54. The van der Waals surface area contributed by atoms with Crippen LogP contribution in [0.4, 0.5) is 11.4 Å². The van der Waals surface area contributed by atoms with E-state index in [1.165, 1.54) is 14.2 Å². The Hall–Kier alpha value is -2.77. The van der Waals surface area contributed by atoms with Crippen LogP contribution < -0.4 is 24.8 Å². The van der Waals surface area contributed by atoms with Crippen LogP contribution in [0.25, 0.3) is 0 Å². The predicted octanol–water partition coefficient (Wildman–Crippen LogP) is 1.33. The second kappa shape index (κ2) is 6.12. The molecule has 112 valence electrons. The summed E-state index contributed by atoms with van der Waals surface area (Å²) in [5.74, 6) is 0.441. The van der Waals surface area contributed by atoms with Crippen LogP contribution in [0.1, 0.15) is 0 Å². The van der Waals surface area contributed by atoms with Gasteiger partial charge in [-0.15, -0.1) is 15.0 Å². The molecule has 0 saturated heterocycles. The van der Waals surface area contributed by atoms with Gasteiger partial charge in [0.2, 0.25) is 0 Å². The summed E-state index contributed by atoms with van der Waals surface area (Å²) in [4.78, 5) is 13.8. The minimum absolute atomic E-state index is 0.0429. The monoisotopic (exact) mass is 291 g/mol. The van der Waals surface area contributed by atoms with Gasteiger partial charge in [0.25, 0.3) is 0 Å². The summed E-state index contributed by atoms with van der Waals surface area (Å²) in [6.45, 7) is 0. The Morgan fingerprint density at radius 1 is 0.952 bits per heavy atom. The fourth-order valence-electron chi connectivity index (χ4n) is 1.54. The van der Waals surface area contributed by atoms with E-state index in [1.807, 2.05) is 25.1 Å². The predicted molar refractivity (Wildman–Crippen MR) is 78.2 cm³/mol. The van der Waals surface area contributed by atoms with Crippen LogP contribution in [0.15, 0.2) is 18.2 Å². The van der Waals surface area contributed by atoms with E-state index in [1.54, 1.807) is 12.1 Å². The van der Waals surface area contributed by atoms with Crippen LogP contribution in [0, 0.1) is 0 Å². The third kappa shape index (κ3) is 3.41. The second-order valence-corrected chi connectivity index (χ2v) is 4.31. The number of hydrogen-bond acceptors (Lipinski definition) is 8. The van der Waals surface area contributed by atoms with E-state index in [0.29, 0.717) is 11.4 Å². The summed E-state index contributed by atoms with van der Waals surface area (Å²) in [6, 6.07) is 5.66. The zero-order valence-electron chi connectivity index (χ0n) is 12.3. The molecule has 1 aromatic heterocycles. The highest BCUT2D eigenvalue weighted by molar-refractivity contribution is 5.62. The molecule has 1 aromatic carbocycles. The zero-order chi connectivity index (χ0) is 15.4. The normalized spacial score (nSPS) is 10.1. The molecule has 0 fully saturated rings. The molecule has 0 aliphatic heterocycles. The van der Waals surface area contributed by atoms with Crippen molar-refractivity contribution in [1.82, 2.24) is 15.0 Å². The summed E-state index contributed by atoms with van der Waals surface area (Å²) < 4.78 is 15.5. The number of anilines is 2. The van der Waals surface area contributed by atoms with Crippen LogP contribution >= 0.6 is 0 Å². The van der Waals surface area contributed by atoms with Gasteiger partial charge in [-0.05, 0) is 12.1 Å². The highest BCUT2D eigenvalue weighted by Crippen LogP contribution is 2.30. The van der Waals surface area contributed by atoms with E-state index >= 15 is 0 Å². The van der Waals surface area contributed by atoms with Crippen molar-refractivity contribution in [2.75, 3.05) is 38.9 Å². The number of nitrogens with zero attached hydrogens (tertiary/aromatic N) is 4. The Kier molecular flexibility index (Phi) is 4.27. The number of nitrogens with two attached hydrogens (primary N) is 1. The standard InChI is InChI=1S/C13H17N5O3/c1-18(2)8-5-6-9(14)10(7-8)21-13-16-11(19-3)15-12(17-13)20-4/h5-7H,14H2,1-4H3. The molecule has 0 bridgehead atoms. The molecule has 8 heteroatoms. The van der Waals surface area contributed by atoms with Crippen molar-refractivity contribution < 1.29 is 14.2 Å². The van der Waals surface area contributed by atoms with Crippen molar-refractivity contribution in [3.8, 4) is 23.8 Å². The summed E-state index contributed by atoms with van der Waals surface area (Å²) in [6.07, 6.45) is 0. The zero-order valence-corrected chi connectivity index (χ0v) is 12.3. The molecule has 0 amide bonds. The van der Waals surface area contributed by atoms with E-state index in [0.717, 1.165) is 5.69 Å². The molecule has 0 aliphatic carbocycles. The number of ether oxygens (including phenoxy) is 3. The average Bonchev–Trinajstić information content (AvgIpc) is 2.48. The van der Waals surface area contributed by atoms with Crippen molar-refractivity contribution in [1.29, 1.82) is 0 Å². The van der Waals surface area contributed by atoms with E-state index < -0.39 is 0 Å². The van der Waals surface area contributed by atoms with Crippen molar-refractivity contribution in [2.45, 2.75) is 0 Å². The van der Waals surface area contributed by atoms with Crippen molar-refractivity contribution in [3.05, 3.63) is 18.2 Å². The highest BCUT2D eigenvalue weighted by Gasteiger charge is 2.11. The molecule has 0 radical (unpaired) electrons. The Labute approximate surface area is 122 Å². The van der Waals surface area contributed by atoms with Crippen LogP contribution in [0.3, 0.4) is 0 Å².